The van der Waals surface area contributed by atoms with Crippen LogP contribution in [0.4, 0.5) is 11.4 Å². The Morgan fingerprint density at radius 3 is 2.47 bits per heavy atom. The van der Waals surface area contributed by atoms with E-state index in [1.807, 2.05) is 0 Å². The lowest BCUT2D eigenvalue weighted by Gasteiger charge is -2.26. The summed E-state index contributed by atoms with van der Waals surface area (Å²) in [6.07, 6.45) is 0.546. The number of amides is 1. The lowest BCUT2D eigenvalue weighted by Crippen LogP contribution is -2.31. The summed E-state index contributed by atoms with van der Waals surface area (Å²) < 4.78 is 5.10. The molecule has 11 nitrogen and oxygen atoms in total. The molecule has 0 fully saturated rings. The lowest BCUT2D eigenvalue weighted by atomic mass is 9.95. The van der Waals surface area contributed by atoms with E-state index in [0.717, 1.165) is 0 Å². The van der Waals surface area contributed by atoms with Gasteiger partial charge in [-0.05, 0) is 24.6 Å². The minimum atomic E-state index is -0.736. The van der Waals surface area contributed by atoms with E-state index < -0.39 is 15.9 Å². The number of H-pyrrole nitrogens is 1. The molecule has 0 radical (unpaired) electrons. The number of carbonyl (C=O) groups is 1. The number of nitro groups is 2. The number of hydrogen-bond donors (Lipinski definition) is 1. The van der Waals surface area contributed by atoms with Crippen molar-refractivity contribution in [1.29, 1.82) is 0 Å². The molecule has 3 aromatic rings. The number of methoxy groups -OCH3 is 1. The molecule has 164 valence electrons. The molecule has 11 heteroatoms. The number of carbonyl (C=O) groups excluding carboxylic acids is 1. The summed E-state index contributed by atoms with van der Waals surface area (Å²) in [4.78, 5) is 36.5. The first-order chi connectivity index (χ1) is 15.4. The van der Waals surface area contributed by atoms with E-state index in [1.165, 1.54) is 18.2 Å². The molecule has 0 aliphatic carbocycles. The molecule has 0 saturated carbocycles. The maximum absolute atomic E-state index is 13.2. The molecule has 0 saturated heterocycles. The molecule has 1 aromatic heterocycles. The van der Waals surface area contributed by atoms with Crippen molar-refractivity contribution in [2.75, 3.05) is 20.3 Å². The smallest absolute Gasteiger partial charge is 0.275 e. The molecule has 0 bridgehead atoms. The van der Waals surface area contributed by atoms with Crippen molar-refractivity contribution >= 4 is 17.3 Å². The van der Waals surface area contributed by atoms with Gasteiger partial charge in [-0.3, -0.25) is 30.1 Å². The maximum atomic E-state index is 13.2. The number of ether oxygens (including phenoxy) is 1. The van der Waals surface area contributed by atoms with Gasteiger partial charge in [0.05, 0.1) is 27.1 Å². The SMILES string of the molecule is COCCCN1C(=O)c2[nH]nc(-c3ccc([N+](=O)[O-])cc3)c2C1c1ccccc1[N+](=O)[O-]. The van der Waals surface area contributed by atoms with Crippen LogP contribution in [-0.4, -0.2) is 51.1 Å². The third-order valence-electron chi connectivity index (χ3n) is 5.39. The molecule has 1 N–H and O–H groups in total. The zero-order valence-electron chi connectivity index (χ0n) is 17.1. The minimum Gasteiger partial charge on any atom is -0.385 e. The Balaban J connectivity index is 1.86. The zero-order chi connectivity index (χ0) is 22.8. The van der Waals surface area contributed by atoms with Crippen molar-refractivity contribution < 1.29 is 19.4 Å². The topological polar surface area (TPSA) is 144 Å². The average molecular weight is 437 g/mol. The van der Waals surface area contributed by atoms with Crippen molar-refractivity contribution in [3.05, 3.63) is 85.6 Å². The van der Waals surface area contributed by atoms with Crippen LogP contribution in [0, 0.1) is 20.2 Å². The number of benzene rings is 2. The van der Waals surface area contributed by atoms with Crippen molar-refractivity contribution in [1.82, 2.24) is 15.1 Å². The van der Waals surface area contributed by atoms with Crippen LogP contribution >= 0.6 is 0 Å². The van der Waals surface area contributed by atoms with E-state index in [4.69, 9.17) is 4.74 Å². The quantitative estimate of drug-likeness (QED) is 0.323. The summed E-state index contributed by atoms with van der Waals surface area (Å²) in [6.45, 7) is 0.750. The summed E-state index contributed by atoms with van der Waals surface area (Å²) >= 11 is 0. The highest BCUT2D eigenvalue weighted by molar-refractivity contribution is 6.00. The van der Waals surface area contributed by atoms with Crippen molar-refractivity contribution in [3.8, 4) is 11.3 Å². The number of nitro benzene ring substituents is 2. The van der Waals surface area contributed by atoms with Crippen molar-refractivity contribution in [2.45, 2.75) is 12.5 Å². The molecule has 1 aliphatic heterocycles. The van der Waals surface area contributed by atoms with E-state index in [1.54, 1.807) is 42.3 Å². The Kier molecular flexibility index (Phi) is 5.65. The number of nitrogens with zero attached hydrogens (tertiary/aromatic N) is 4. The van der Waals surface area contributed by atoms with Crippen LogP contribution in [0.5, 0.6) is 0 Å². The fourth-order valence-electron chi connectivity index (χ4n) is 3.98. The van der Waals surface area contributed by atoms with Crippen LogP contribution in [0.15, 0.2) is 48.5 Å². The fourth-order valence-corrected chi connectivity index (χ4v) is 3.98. The van der Waals surface area contributed by atoms with Crippen LogP contribution < -0.4 is 0 Å². The van der Waals surface area contributed by atoms with E-state index in [9.17, 15) is 25.0 Å². The molecule has 1 amide bonds. The summed E-state index contributed by atoms with van der Waals surface area (Å²) in [5.41, 5.74) is 1.92. The largest absolute Gasteiger partial charge is 0.385 e. The number of nitrogens with one attached hydrogen (secondary N) is 1. The molecular formula is C21H19N5O6. The second-order valence-electron chi connectivity index (χ2n) is 7.23. The van der Waals surface area contributed by atoms with Gasteiger partial charge < -0.3 is 9.64 Å². The number of rotatable bonds is 8. The van der Waals surface area contributed by atoms with Crippen molar-refractivity contribution in [2.24, 2.45) is 0 Å². The predicted octanol–water partition coefficient (Wildman–Crippen LogP) is 3.47. The maximum Gasteiger partial charge on any atom is 0.275 e. The standard InChI is InChI=1S/C21H19N5O6/c1-32-12-4-11-24-20(15-5-2-3-6-16(15)26(30)31)17-18(22-23-19(17)21(24)27)13-7-9-14(10-8-13)25(28)29/h2-3,5-10,20H,4,11-12H2,1H3,(H,22,23). The number of para-hydroxylation sites is 1. The van der Waals surface area contributed by atoms with Crippen molar-refractivity contribution in [3.63, 3.8) is 0 Å². The number of non-ortho nitro benzene ring substituents is 1. The molecule has 2 aromatic carbocycles. The Labute approximate surface area is 181 Å². The number of aromatic amines is 1. The van der Waals surface area contributed by atoms with E-state index in [2.05, 4.69) is 10.2 Å². The molecule has 1 unspecified atom stereocenters. The molecule has 32 heavy (non-hydrogen) atoms. The highest BCUT2D eigenvalue weighted by atomic mass is 16.6. The summed E-state index contributed by atoms with van der Waals surface area (Å²) in [5, 5.41) is 29.8. The Morgan fingerprint density at radius 1 is 1.09 bits per heavy atom. The molecule has 0 spiro atoms. The van der Waals surface area contributed by atoms with Gasteiger partial charge in [0.1, 0.15) is 5.69 Å². The van der Waals surface area contributed by atoms with Gasteiger partial charge in [-0.15, -0.1) is 0 Å². The van der Waals surface area contributed by atoms with E-state index in [-0.39, 0.29) is 23.0 Å². The van der Waals surface area contributed by atoms with E-state index >= 15 is 0 Å². The first-order valence-electron chi connectivity index (χ1n) is 9.80. The number of fused-ring (bicyclic) bond motifs is 1. The molecule has 4 rings (SSSR count). The second kappa shape index (κ2) is 8.55. The zero-order valence-corrected chi connectivity index (χ0v) is 17.1. The highest BCUT2D eigenvalue weighted by Crippen LogP contribution is 2.45. The molecule has 1 aliphatic rings. The third kappa shape index (κ3) is 3.58. The van der Waals surface area contributed by atoms with Gasteiger partial charge >= 0.3 is 0 Å². The van der Waals surface area contributed by atoms with Gasteiger partial charge in [0.15, 0.2) is 0 Å². The second-order valence-corrected chi connectivity index (χ2v) is 7.23. The van der Waals surface area contributed by atoms with Gasteiger partial charge in [-0.25, -0.2) is 0 Å². The summed E-state index contributed by atoms with van der Waals surface area (Å²) in [5.74, 6) is -0.320. The van der Waals surface area contributed by atoms with Gasteiger partial charge in [-0.2, -0.15) is 5.10 Å². The average Bonchev–Trinajstić information content (AvgIpc) is 3.33. The molecule has 1 atom stereocenters. The first kappa shape index (κ1) is 21.1. The van der Waals surface area contributed by atoms with Crippen LogP contribution in [0.2, 0.25) is 0 Å². The van der Waals surface area contributed by atoms with Crippen LogP contribution in [-0.2, 0) is 4.74 Å². The lowest BCUT2D eigenvalue weighted by molar-refractivity contribution is -0.385. The third-order valence-corrected chi connectivity index (χ3v) is 5.39. The Morgan fingerprint density at radius 2 is 1.81 bits per heavy atom. The van der Waals surface area contributed by atoms with Gasteiger partial charge in [0, 0.05) is 49.6 Å². The number of aromatic nitrogens is 2. The van der Waals surface area contributed by atoms with Gasteiger partial charge in [0.2, 0.25) is 0 Å². The van der Waals surface area contributed by atoms with Crippen LogP contribution in [0.3, 0.4) is 0 Å². The van der Waals surface area contributed by atoms with Crippen LogP contribution in [0.25, 0.3) is 11.3 Å². The Bertz CT molecular complexity index is 1190. The van der Waals surface area contributed by atoms with Crippen LogP contribution in [0.1, 0.15) is 34.1 Å². The molecule has 2 heterocycles. The van der Waals surface area contributed by atoms with Gasteiger partial charge in [0.25, 0.3) is 17.3 Å². The summed E-state index contributed by atoms with van der Waals surface area (Å²) in [7, 11) is 1.56. The summed E-state index contributed by atoms with van der Waals surface area (Å²) in [6, 6.07) is 11.3. The Hall–Kier alpha value is -4.12. The molecular weight excluding hydrogens is 418 g/mol. The van der Waals surface area contributed by atoms with Gasteiger partial charge in [-0.1, -0.05) is 12.1 Å². The number of hydrogen-bond acceptors (Lipinski definition) is 7. The first-order valence-corrected chi connectivity index (χ1v) is 9.80. The predicted molar refractivity (Wildman–Crippen MR) is 113 cm³/mol. The normalized spacial score (nSPS) is 15.1. The fraction of sp³-hybridized carbons (Fsp3) is 0.238. The van der Waals surface area contributed by atoms with E-state index in [0.29, 0.717) is 42.0 Å². The minimum absolute atomic E-state index is 0.0755. The monoisotopic (exact) mass is 437 g/mol. The highest BCUT2D eigenvalue weighted by Gasteiger charge is 2.44.